The van der Waals surface area contributed by atoms with Crippen LogP contribution in [0, 0.1) is 5.92 Å². The van der Waals surface area contributed by atoms with Crippen LogP contribution in [0.1, 0.15) is 18.4 Å². The van der Waals surface area contributed by atoms with E-state index in [-0.39, 0.29) is 5.69 Å². The van der Waals surface area contributed by atoms with Gasteiger partial charge in [-0.15, -0.1) is 0 Å². The Balaban J connectivity index is 1.86. The zero-order valence-electron chi connectivity index (χ0n) is 10.7. The summed E-state index contributed by atoms with van der Waals surface area (Å²) in [5.41, 5.74) is 5.87. The van der Waals surface area contributed by atoms with Crippen molar-refractivity contribution in [1.82, 2.24) is 9.78 Å². The summed E-state index contributed by atoms with van der Waals surface area (Å²) in [4.78, 5) is 0. The number of aromatic nitrogens is 2. The van der Waals surface area contributed by atoms with Gasteiger partial charge in [0, 0.05) is 24.0 Å². The number of nitrogen functional groups attached to an aromatic ring is 1. The maximum Gasteiger partial charge on any atom is 0.418 e. The fraction of sp³-hybridized carbons (Fsp3) is 0.357. The third-order valence-corrected chi connectivity index (χ3v) is 3.47. The van der Waals surface area contributed by atoms with Crippen LogP contribution in [-0.4, -0.2) is 9.78 Å². The fourth-order valence-electron chi connectivity index (χ4n) is 2.18. The lowest BCUT2D eigenvalue weighted by atomic mass is 10.1. The molecule has 1 aromatic carbocycles. The van der Waals surface area contributed by atoms with Gasteiger partial charge >= 0.3 is 6.18 Å². The Bertz CT molecular complexity index is 627. The third-order valence-electron chi connectivity index (χ3n) is 3.47. The van der Waals surface area contributed by atoms with E-state index < -0.39 is 11.7 Å². The molecule has 1 aliphatic carbocycles. The van der Waals surface area contributed by atoms with Gasteiger partial charge < -0.3 is 5.73 Å². The van der Waals surface area contributed by atoms with Crippen LogP contribution in [0.2, 0.25) is 0 Å². The lowest BCUT2D eigenvalue weighted by Crippen LogP contribution is -2.08. The molecule has 0 amide bonds. The topological polar surface area (TPSA) is 43.8 Å². The summed E-state index contributed by atoms with van der Waals surface area (Å²) in [7, 11) is 0. The van der Waals surface area contributed by atoms with E-state index >= 15 is 0 Å². The van der Waals surface area contributed by atoms with Gasteiger partial charge in [0.15, 0.2) is 0 Å². The van der Waals surface area contributed by atoms with Crippen LogP contribution in [0.4, 0.5) is 18.9 Å². The van der Waals surface area contributed by atoms with Crippen LogP contribution in [0.25, 0.3) is 11.1 Å². The van der Waals surface area contributed by atoms with E-state index in [1.807, 2.05) is 10.9 Å². The molecule has 106 valence electrons. The van der Waals surface area contributed by atoms with Gasteiger partial charge in [-0.2, -0.15) is 18.3 Å². The Morgan fingerprint density at radius 1 is 1.25 bits per heavy atom. The van der Waals surface area contributed by atoms with Gasteiger partial charge in [-0.1, -0.05) is 6.07 Å². The number of halogens is 3. The smallest absolute Gasteiger partial charge is 0.398 e. The predicted octanol–water partition coefficient (Wildman–Crippen LogP) is 3.56. The first-order valence-electron chi connectivity index (χ1n) is 6.43. The minimum atomic E-state index is -4.42. The standard InChI is InChI=1S/C14H14F3N3/c15-14(16,17)12-4-3-10(5-13(12)18)11-6-19-20(8-11)7-9-1-2-9/h3-6,8-9H,1-2,7,18H2. The molecule has 1 aliphatic rings. The van der Waals surface area contributed by atoms with E-state index in [2.05, 4.69) is 5.10 Å². The lowest BCUT2D eigenvalue weighted by Gasteiger charge is -2.10. The van der Waals surface area contributed by atoms with Crippen molar-refractivity contribution >= 4 is 5.69 Å². The highest BCUT2D eigenvalue weighted by atomic mass is 19.4. The summed E-state index contributed by atoms with van der Waals surface area (Å²) >= 11 is 0. The molecule has 0 atom stereocenters. The number of nitrogens with two attached hydrogens (primary N) is 1. The highest BCUT2D eigenvalue weighted by Crippen LogP contribution is 2.36. The highest BCUT2D eigenvalue weighted by molar-refractivity contribution is 5.68. The Morgan fingerprint density at radius 2 is 2.00 bits per heavy atom. The van der Waals surface area contributed by atoms with Gasteiger partial charge in [-0.3, -0.25) is 4.68 Å². The zero-order chi connectivity index (χ0) is 14.3. The summed E-state index contributed by atoms with van der Waals surface area (Å²) in [6.45, 7) is 0.871. The monoisotopic (exact) mass is 281 g/mol. The van der Waals surface area contributed by atoms with Crippen LogP contribution in [0.15, 0.2) is 30.6 Å². The second-order valence-electron chi connectivity index (χ2n) is 5.19. The van der Waals surface area contributed by atoms with Gasteiger partial charge in [0.05, 0.1) is 11.8 Å². The predicted molar refractivity (Wildman–Crippen MR) is 69.8 cm³/mol. The molecule has 0 bridgehead atoms. The second kappa shape index (κ2) is 4.54. The quantitative estimate of drug-likeness (QED) is 0.874. The van der Waals surface area contributed by atoms with Gasteiger partial charge in [-0.25, -0.2) is 0 Å². The lowest BCUT2D eigenvalue weighted by molar-refractivity contribution is -0.136. The summed E-state index contributed by atoms with van der Waals surface area (Å²) in [6, 6.07) is 3.79. The Labute approximate surface area is 114 Å². The van der Waals surface area contributed by atoms with Crippen LogP contribution in [0.3, 0.4) is 0 Å². The molecule has 1 saturated carbocycles. The molecule has 3 nitrogen and oxygen atoms in total. The van der Waals surface area contributed by atoms with Crippen molar-refractivity contribution in [3.05, 3.63) is 36.2 Å². The number of nitrogens with zero attached hydrogens (tertiary/aromatic N) is 2. The molecule has 1 aromatic heterocycles. The zero-order valence-corrected chi connectivity index (χ0v) is 10.7. The Morgan fingerprint density at radius 3 is 2.60 bits per heavy atom. The first-order valence-corrected chi connectivity index (χ1v) is 6.43. The van der Waals surface area contributed by atoms with Gasteiger partial charge in [-0.05, 0) is 36.5 Å². The van der Waals surface area contributed by atoms with E-state index in [1.54, 1.807) is 6.20 Å². The van der Waals surface area contributed by atoms with Gasteiger partial charge in [0.25, 0.3) is 0 Å². The maximum atomic E-state index is 12.6. The van der Waals surface area contributed by atoms with Crippen molar-refractivity contribution in [2.75, 3.05) is 5.73 Å². The molecular weight excluding hydrogens is 267 g/mol. The number of hydrogen-bond acceptors (Lipinski definition) is 2. The van der Waals surface area contributed by atoms with Crippen molar-refractivity contribution in [3.8, 4) is 11.1 Å². The van der Waals surface area contributed by atoms with E-state index in [9.17, 15) is 13.2 Å². The summed E-state index contributed by atoms with van der Waals surface area (Å²) in [5.74, 6) is 0.695. The molecule has 0 unspecified atom stereocenters. The molecule has 0 aliphatic heterocycles. The summed E-state index contributed by atoms with van der Waals surface area (Å²) in [5, 5.41) is 4.23. The summed E-state index contributed by atoms with van der Waals surface area (Å²) < 4.78 is 39.8. The van der Waals surface area contributed by atoms with Crippen molar-refractivity contribution in [3.63, 3.8) is 0 Å². The molecule has 0 saturated heterocycles. The van der Waals surface area contributed by atoms with E-state index in [0.717, 1.165) is 18.2 Å². The van der Waals surface area contributed by atoms with Crippen LogP contribution >= 0.6 is 0 Å². The first kappa shape index (κ1) is 13.0. The minimum absolute atomic E-state index is 0.259. The Kier molecular flexibility index (Phi) is 2.96. The molecule has 3 rings (SSSR count). The van der Waals surface area contributed by atoms with Crippen molar-refractivity contribution in [2.45, 2.75) is 25.6 Å². The average molecular weight is 281 g/mol. The van der Waals surface area contributed by atoms with Crippen molar-refractivity contribution < 1.29 is 13.2 Å². The van der Waals surface area contributed by atoms with Crippen LogP contribution < -0.4 is 5.73 Å². The number of benzene rings is 1. The van der Waals surface area contributed by atoms with Crippen molar-refractivity contribution in [1.29, 1.82) is 0 Å². The highest BCUT2D eigenvalue weighted by Gasteiger charge is 2.32. The minimum Gasteiger partial charge on any atom is -0.398 e. The number of hydrogen-bond donors (Lipinski definition) is 1. The fourth-order valence-corrected chi connectivity index (χ4v) is 2.18. The molecule has 0 radical (unpaired) electrons. The van der Waals surface area contributed by atoms with Crippen LogP contribution in [-0.2, 0) is 12.7 Å². The SMILES string of the molecule is Nc1cc(-c2cnn(CC3CC3)c2)ccc1C(F)(F)F. The maximum absolute atomic E-state index is 12.6. The first-order chi connectivity index (χ1) is 9.43. The normalized spacial score (nSPS) is 15.6. The largest absolute Gasteiger partial charge is 0.418 e. The number of alkyl halides is 3. The van der Waals surface area contributed by atoms with E-state index in [0.29, 0.717) is 11.5 Å². The summed E-state index contributed by atoms with van der Waals surface area (Å²) in [6.07, 6.45) is 1.54. The molecule has 2 aromatic rings. The molecule has 6 heteroatoms. The molecule has 1 fully saturated rings. The van der Waals surface area contributed by atoms with Crippen LogP contribution in [0.5, 0.6) is 0 Å². The van der Waals surface area contributed by atoms with E-state index in [1.165, 1.54) is 25.0 Å². The van der Waals surface area contributed by atoms with Gasteiger partial charge in [0.2, 0.25) is 0 Å². The second-order valence-corrected chi connectivity index (χ2v) is 5.19. The Hall–Kier alpha value is -1.98. The van der Waals surface area contributed by atoms with Gasteiger partial charge in [0.1, 0.15) is 0 Å². The molecular formula is C14H14F3N3. The molecule has 20 heavy (non-hydrogen) atoms. The molecule has 1 heterocycles. The third kappa shape index (κ3) is 2.64. The molecule has 2 N–H and O–H groups in total. The number of rotatable bonds is 3. The van der Waals surface area contributed by atoms with E-state index in [4.69, 9.17) is 5.73 Å². The number of anilines is 1. The molecule has 0 spiro atoms. The van der Waals surface area contributed by atoms with Crippen molar-refractivity contribution in [2.24, 2.45) is 5.92 Å². The average Bonchev–Trinajstić information content (AvgIpc) is 3.03.